The van der Waals surface area contributed by atoms with Crippen LogP contribution >= 0.6 is 11.6 Å². The lowest BCUT2D eigenvalue weighted by Crippen LogP contribution is -2.26. The lowest BCUT2D eigenvalue weighted by atomic mass is 10.1. The van der Waals surface area contributed by atoms with Crippen molar-refractivity contribution in [2.24, 2.45) is 0 Å². The smallest absolute Gasteiger partial charge is 0.222 e. The number of aliphatic hydroxyl groups excluding tert-OH is 1. The van der Waals surface area contributed by atoms with Crippen LogP contribution in [0.4, 0.5) is 4.39 Å². The highest BCUT2D eigenvalue weighted by Gasteiger charge is 2.18. The van der Waals surface area contributed by atoms with E-state index in [1.54, 1.807) is 13.8 Å². The quantitative estimate of drug-likeness (QED) is 0.477. The zero-order chi connectivity index (χ0) is 15.1. The molecule has 0 aliphatic carbocycles. The highest BCUT2D eigenvalue weighted by atomic mass is 35.5. The summed E-state index contributed by atoms with van der Waals surface area (Å²) in [5.41, 5.74) is 0.233. The maximum Gasteiger partial charge on any atom is 0.222 e. The topological polar surface area (TPSA) is 55.8 Å². The third kappa shape index (κ3) is 4.59. The van der Waals surface area contributed by atoms with Gasteiger partial charge in [-0.15, -0.1) is 0 Å². The number of hydrogen-bond donors (Lipinski definition) is 1. The molecule has 1 aromatic rings. The Balaban J connectivity index is 2.90. The number of benzene rings is 1. The van der Waals surface area contributed by atoms with Gasteiger partial charge in [0, 0.05) is 24.9 Å². The minimum atomic E-state index is -1.07. The maximum absolute atomic E-state index is 13.0. The van der Waals surface area contributed by atoms with E-state index in [1.807, 2.05) is 0 Å². The number of aliphatic hydroxyl groups is 1. The number of halogens is 2. The van der Waals surface area contributed by atoms with Gasteiger partial charge in [-0.05, 0) is 32.0 Å². The summed E-state index contributed by atoms with van der Waals surface area (Å²) in [6, 6.07) is 3.65. The van der Waals surface area contributed by atoms with Crippen LogP contribution in [0.15, 0.2) is 24.3 Å². The first-order valence-electron chi connectivity index (χ1n) is 6.12. The first kappa shape index (κ1) is 16.6. The second-order valence-electron chi connectivity index (χ2n) is 3.80. The summed E-state index contributed by atoms with van der Waals surface area (Å²) < 4.78 is 23.2. The zero-order valence-electron chi connectivity index (χ0n) is 11.2. The van der Waals surface area contributed by atoms with E-state index in [1.165, 1.54) is 12.1 Å². The molecule has 1 N–H and O–H groups in total. The number of ketones is 1. The van der Waals surface area contributed by atoms with Gasteiger partial charge in [-0.3, -0.25) is 4.79 Å². The second-order valence-corrected chi connectivity index (χ2v) is 4.21. The van der Waals surface area contributed by atoms with Gasteiger partial charge in [-0.1, -0.05) is 11.6 Å². The van der Waals surface area contributed by atoms with Crippen molar-refractivity contribution in [1.29, 1.82) is 0 Å². The van der Waals surface area contributed by atoms with Crippen LogP contribution in [0.2, 0.25) is 5.02 Å². The fraction of sp³-hybridized carbons (Fsp3) is 0.357. The van der Waals surface area contributed by atoms with E-state index >= 15 is 0 Å². The average Bonchev–Trinajstić information content (AvgIpc) is 2.41. The molecule has 6 heteroatoms. The Hall–Kier alpha value is -1.43. The molecule has 0 unspecified atom stereocenters. The Morgan fingerprint density at radius 3 is 2.50 bits per heavy atom. The first-order valence-corrected chi connectivity index (χ1v) is 6.50. The Labute approximate surface area is 121 Å². The Morgan fingerprint density at radius 1 is 1.40 bits per heavy atom. The predicted molar refractivity (Wildman–Crippen MR) is 74.1 cm³/mol. The fourth-order valence-electron chi connectivity index (χ4n) is 1.46. The summed E-state index contributed by atoms with van der Waals surface area (Å²) in [6.45, 7) is 4.05. The number of ether oxygens (including phenoxy) is 2. The number of carbonyl (C=O) groups is 1. The molecule has 4 nitrogen and oxygen atoms in total. The summed E-state index contributed by atoms with van der Waals surface area (Å²) in [4.78, 5) is 11.9. The lowest BCUT2D eigenvalue weighted by molar-refractivity contribution is -0.162. The predicted octanol–water partition coefficient (Wildman–Crippen LogP) is 3.35. The van der Waals surface area contributed by atoms with Gasteiger partial charge in [0.1, 0.15) is 11.6 Å². The highest BCUT2D eigenvalue weighted by molar-refractivity contribution is 6.30. The van der Waals surface area contributed by atoms with E-state index in [9.17, 15) is 14.3 Å². The molecule has 0 aliphatic heterocycles. The molecule has 0 aliphatic rings. The van der Waals surface area contributed by atoms with E-state index in [2.05, 4.69) is 0 Å². The first-order chi connectivity index (χ1) is 9.49. The Kier molecular flexibility index (Phi) is 6.64. The Morgan fingerprint density at radius 2 is 2.00 bits per heavy atom. The molecule has 0 saturated heterocycles. The van der Waals surface area contributed by atoms with Crippen molar-refractivity contribution in [1.82, 2.24) is 0 Å². The van der Waals surface area contributed by atoms with Gasteiger partial charge in [0.05, 0.1) is 5.02 Å². The molecule has 110 valence electrons. The molecular weight excluding hydrogens is 287 g/mol. The van der Waals surface area contributed by atoms with Crippen molar-refractivity contribution in [2.45, 2.75) is 20.1 Å². The normalized spacial score (nSPS) is 11.9. The van der Waals surface area contributed by atoms with Crippen LogP contribution in [0.1, 0.15) is 19.4 Å². The van der Waals surface area contributed by atoms with Crippen LogP contribution in [0.5, 0.6) is 0 Å². The van der Waals surface area contributed by atoms with Crippen LogP contribution < -0.4 is 0 Å². The molecule has 0 fully saturated rings. The molecule has 0 radical (unpaired) electrons. The monoisotopic (exact) mass is 302 g/mol. The maximum atomic E-state index is 13.0. The van der Waals surface area contributed by atoms with E-state index in [0.717, 1.165) is 12.1 Å². The number of hydrogen-bond acceptors (Lipinski definition) is 4. The zero-order valence-corrected chi connectivity index (χ0v) is 12.0. The molecule has 0 spiro atoms. The van der Waals surface area contributed by atoms with Gasteiger partial charge in [0.15, 0.2) is 0 Å². The third-order valence-electron chi connectivity index (χ3n) is 2.36. The van der Waals surface area contributed by atoms with Crippen LogP contribution in [0, 0.1) is 5.82 Å². The van der Waals surface area contributed by atoms with Crippen molar-refractivity contribution < 1.29 is 23.8 Å². The number of rotatable bonds is 7. The molecule has 20 heavy (non-hydrogen) atoms. The average molecular weight is 303 g/mol. The Bertz CT molecular complexity index is 496. The summed E-state index contributed by atoms with van der Waals surface area (Å²) in [5.74, 6) is -1.47. The van der Waals surface area contributed by atoms with Gasteiger partial charge >= 0.3 is 0 Å². The van der Waals surface area contributed by atoms with Crippen LogP contribution in [-0.2, 0) is 14.3 Å². The van der Waals surface area contributed by atoms with Crippen molar-refractivity contribution in [3.8, 4) is 0 Å². The van der Waals surface area contributed by atoms with E-state index in [4.69, 9.17) is 21.1 Å². The molecule has 1 rings (SSSR count). The van der Waals surface area contributed by atoms with Gasteiger partial charge in [-0.25, -0.2) is 4.39 Å². The van der Waals surface area contributed by atoms with Crippen molar-refractivity contribution >= 4 is 23.1 Å². The molecule has 1 aromatic carbocycles. The molecule has 0 saturated carbocycles. The molecule has 0 heterocycles. The van der Waals surface area contributed by atoms with Crippen molar-refractivity contribution in [2.75, 3.05) is 13.2 Å². The summed E-state index contributed by atoms with van der Waals surface area (Å²) in [5, 5.41) is 9.70. The standard InChI is InChI=1S/C14H16ClFO4/c1-3-19-14(20-4-2)13(18)8-12(17)9-5-6-11(16)10(15)7-9/h5-8,14,17H,3-4H2,1-2H3. The van der Waals surface area contributed by atoms with E-state index in [0.29, 0.717) is 13.2 Å². The van der Waals surface area contributed by atoms with E-state index in [-0.39, 0.29) is 16.3 Å². The molecule has 0 amide bonds. The largest absolute Gasteiger partial charge is 0.507 e. The summed E-state index contributed by atoms with van der Waals surface area (Å²) in [6.07, 6.45) is -0.0948. The SMILES string of the molecule is CCOC(OCC)C(=O)C=C(O)c1ccc(F)c(Cl)c1. The summed E-state index contributed by atoms with van der Waals surface area (Å²) in [7, 11) is 0. The van der Waals surface area contributed by atoms with Crippen LogP contribution in [0.3, 0.4) is 0 Å². The minimum absolute atomic E-state index is 0.138. The molecular formula is C14H16ClFO4. The van der Waals surface area contributed by atoms with Crippen LogP contribution in [-0.4, -0.2) is 30.4 Å². The highest BCUT2D eigenvalue weighted by Crippen LogP contribution is 2.20. The fourth-order valence-corrected chi connectivity index (χ4v) is 1.64. The van der Waals surface area contributed by atoms with Gasteiger partial charge < -0.3 is 14.6 Å². The molecule has 0 atom stereocenters. The van der Waals surface area contributed by atoms with Gasteiger partial charge in [-0.2, -0.15) is 0 Å². The van der Waals surface area contributed by atoms with Gasteiger partial charge in [0.2, 0.25) is 12.1 Å². The van der Waals surface area contributed by atoms with Crippen LogP contribution in [0.25, 0.3) is 5.76 Å². The molecule has 0 aromatic heterocycles. The second kappa shape index (κ2) is 7.99. The summed E-state index contributed by atoms with van der Waals surface area (Å²) >= 11 is 5.61. The van der Waals surface area contributed by atoms with Gasteiger partial charge in [0.25, 0.3) is 0 Å². The minimum Gasteiger partial charge on any atom is -0.507 e. The van der Waals surface area contributed by atoms with Crippen molar-refractivity contribution in [3.05, 3.63) is 40.7 Å². The lowest BCUT2D eigenvalue weighted by Gasteiger charge is -2.13. The third-order valence-corrected chi connectivity index (χ3v) is 2.65. The number of carbonyl (C=O) groups excluding carboxylic acids is 1. The van der Waals surface area contributed by atoms with Crippen molar-refractivity contribution in [3.63, 3.8) is 0 Å². The van der Waals surface area contributed by atoms with E-state index < -0.39 is 17.9 Å². The molecule has 0 bridgehead atoms.